The van der Waals surface area contributed by atoms with Crippen LogP contribution < -0.4 is 10.5 Å². The summed E-state index contributed by atoms with van der Waals surface area (Å²) in [7, 11) is 0. The molecule has 0 heterocycles. The standard InChI is InChI=1S/C15H22F3NO/c1-3-13(19)10-12-7-4-6-11(2)14(12)20-9-5-8-15(16,17)18/h4,6-7,13H,3,5,8-10,19H2,1-2H3. The highest BCUT2D eigenvalue weighted by Crippen LogP contribution is 2.26. The third-order valence-electron chi connectivity index (χ3n) is 3.15. The normalized spacial score (nSPS) is 13.3. The van der Waals surface area contributed by atoms with Gasteiger partial charge in [0.1, 0.15) is 5.75 Å². The van der Waals surface area contributed by atoms with E-state index >= 15 is 0 Å². The van der Waals surface area contributed by atoms with E-state index in [1.54, 1.807) is 0 Å². The SMILES string of the molecule is CCC(N)Cc1cccc(C)c1OCCCC(F)(F)F. The van der Waals surface area contributed by atoms with Crippen LogP contribution in [0.4, 0.5) is 13.2 Å². The van der Waals surface area contributed by atoms with Gasteiger partial charge in [-0.25, -0.2) is 0 Å². The maximum absolute atomic E-state index is 12.1. The van der Waals surface area contributed by atoms with Crippen LogP contribution in [0.15, 0.2) is 18.2 Å². The predicted molar refractivity (Wildman–Crippen MR) is 73.9 cm³/mol. The van der Waals surface area contributed by atoms with Crippen molar-refractivity contribution in [3.8, 4) is 5.75 Å². The lowest BCUT2D eigenvalue weighted by Gasteiger charge is -2.16. The largest absolute Gasteiger partial charge is 0.493 e. The number of para-hydroxylation sites is 1. The maximum atomic E-state index is 12.1. The van der Waals surface area contributed by atoms with Crippen molar-refractivity contribution in [2.75, 3.05) is 6.61 Å². The van der Waals surface area contributed by atoms with Crippen LogP contribution in [-0.2, 0) is 6.42 Å². The Labute approximate surface area is 118 Å². The topological polar surface area (TPSA) is 35.2 Å². The number of nitrogens with two attached hydrogens (primary N) is 1. The van der Waals surface area contributed by atoms with Crippen LogP contribution in [0.1, 0.15) is 37.3 Å². The Morgan fingerprint density at radius 1 is 1.30 bits per heavy atom. The fourth-order valence-corrected chi connectivity index (χ4v) is 1.95. The van der Waals surface area contributed by atoms with Crippen LogP contribution in [0.5, 0.6) is 5.75 Å². The Bertz CT molecular complexity index is 418. The highest BCUT2D eigenvalue weighted by atomic mass is 19.4. The van der Waals surface area contributed by atoms with Gasteiger partial charge in [0.05, 0.1) is 6.61 Å². The number of hydrogen-bond donors (Lipinski definition) is 1. The van der Waals surface area contributed by atoms with Gasteiger partial charge in [-0.3, -0.25) is 0 Å². The van der Waals surface area contributed by atoms with Crippen LogP contribution in [-0.4, -0.2) is 18.8 Å². The molecule has 0 saturated carbocycles. The van der Waals surface area contributed by atoms with Crippen LogP contribution in [0.3, 0.4) is 0 Å². The van der Waals surface area contributed by atoms with Crippen molar-refractivity contribution in [3.05, 3.63) is 29.3 Å². The van der Waals surface area contributed by atoms with Gasteiger partial charge < -0.3 is 10.5 Å². The number of ether oxygens (including phenoxy) is 1. The Hall–Kier alpha value is -1.23. The van der Waals surface area contributed by atoms with Crippen molar-refractivity contribution in [1.29, 1.82) is 0 Å². The quantitative estimate of drug-likeness (QED) is 0.770. The molecule has 0 spiro atoms. The summed E-state index contributed by atoms with van der Waals surface area (Å²) in [5.74, 6) is 0.679. The highest BCUT2D eigenvalue weighted by molar-refractivity contribution is 5.41. The third kappa shape index (κ3) is 5.82. The van der Waals surface area contributed by atoms with Gasteiger partial charge >= 0.3 is 6.18 Å². The third-order valence-corrected chi connectivity index (χ3v) is 3.15. The molecule has 20 heavy (non-hydrogen) atoms. The van der Waals surface area contributed by atoms with Crippen molar-refractivity contribution >= 4 is 0 Å². The van der Waals surface area contributed by atoms with E-state index in [1.807, 2.05) is 32.0 Å². The molecule has 0 aromatic heterocycles. The van der Waals surface area contributed by atoms with Crippen molar-refractivity contribution < 1.29 is 17.9 Å². The fraction of sp³-hybridized carbons (Fsp3) is 0.600. The van der Waals surface area contributed by atoms with E-state index in [9.17, 15) is 13.2 Å². The minimum absolute atomic E-state index is 0.0306. The van der Waals surface area contributed by atoms with Crippen LogP contribution in [0.2, 0.25) is 0 Å². The molecule has 1 rings (SSSR count). The van der Waals surface area contributed by atoms with Gasteiger partial charge in [0.25, 0.3) is 0 Å². The maximum Gasteiger partial charge on any atom is 0.389 e. The van der Waals surface area contributed by atoms with Gasteiger partial charge in [-0.15, -0.1) is 0 Å². The minimum Gasteiger partial charge on any atom is -0.493 e. The van der Waals surface area contributed by atoms with E-state index in [-0.39, 0.29) is 19.1 Å². The molecule has 1 unspecified atom stereocenters. The van der Waals surface area contributed by atoms with Gasteiger partial charge in [0.2, 0.25) is 0 Å². The summed E-state index contributed by atoms with van der Waals surface area (Å²) in [4.78, 5) is 0. The monoisotopic (exact) mass is 289 g/mol. The Morgan fingerprint density at radius 3 is 2.60 bits per heavy atom. The average molecular weight is 289 g/mol. The molecule has 1 atom stereocenters. The second kappa shape index (κ2) is 7.53. The molecule has 0 aliphatic rings. The summed E-state index contributed by atoms with van der Waals surface area (Å²) >= 11 is 0. The lowest BCUT2D eigenvalue weighted by molar-refractivity contribution is -0.136. The molecule has 1 aromatic carbocycles. The van der Waals surface area contributed by atoms with Gasteiger partial charge in [-0.05, 0) is 37.3 Å². The number of rotatable bonds is 7. The number of benzene rings is 1. The summed E-state index contributed by atoms with van der Waals surface area (Å²) in [5, 5.41) is 0. The molecular formula is C15H22F3NO. The molecule has 0 fully saturated rings. The van der Waals surface area contributed by atoms with Crippen molar-refractivity contribution in [3.63, 3.8) is 0 Å². The lowest BCUT2D eigenvalue weighted by atomic mass is 10.0. The van der Waals surface area contributed by atoms with Crippen molar-refractivity contribution in [1.82, 2.24) is 0 Å². The molecule has 2 N–H and O–H groups in total. The van der Waals surface area contributed by atoms with E-state index in [2.05, 4.69) is 0 Å². The summed E-state index contributed by atoms with van der Waals surface area (Å²) in [6.45, 7) is 3.96. The minimum atomic E-state index is -4.12. The number of alkyl halides is 3. The summed E-state index contributed by atoms with van der Waals surface area (Å²) in [6.07, 6.45) is -3.45. The molecule has 0 radical (unpaired) electrons. The average Bonchev–Trinajstić information content (AvgIpc) is 2.35. The van der Waals surface area contributed by atoms with E-state index in [4.69, 9.17) is 10.5 Å². The zero-order valence-electron chi connectivity index (χ0n) is 12.0. The van der Waals surface area contributed by atoms with Gasteiger partial charge in [0, 0.05) is 12.5 Å². The van der Waals surface area contributed by atoms with Crippen LogP contribution in [0.25, 0.3) is 0 Å². The second-order valence-corrected chi connectivity index (χ2v) is 5.00. The molecular weight excluding hydrogens is 267 g/mol. The molecule has 5 heteroatoms. The van der Waals surface area contributed by atoms with Crippen molar-refractivity contribution in [2.45, 2.75) is 51.7 Å². The Balaban J connectivity index is 2.63. The Kier molecular flexibility index (Phi) is 6.33. The zero-order chi connectivity index (χ0) is 15.2. The smallest absolute Gasteiger partial charge is 0.389 e. The number of aryl methyl sites for hydroxylation is 1. The van der Waals surface area contributed by atoms with E-state index in [0.717, 1.165) is 17.5 Å². The summed E-state index contributed by atoms with van der Waals surface area (Å²) in [5.41, 5.74) is 7.82. The Morgan fingerprint density at radius 2 is 2.00 bits per heavy atom. The lowest BCUT2D eigenvalue weighted by Crippen LogP contribution is -2.22. The first kappa shape index (κ1) is 16.8. The molecule has 114 valence electrons. The first-order chi connectivity index (χ1) is 9.33. The fourth-order valence-electron chi connectivity index (χ4n) is 1.95. The van der Waals surface area contributed by atoms with Crippen molar-refractivity contribution in [2.24, 2.45) is 5.73 Å². The van der Waals surface area contributed by atoms with E-state index in [1.165, 1.54) is 0 Å². The molecule has 0 amide bonds. The second-order valence-electron chi connectivity index (χ2n) is 5.00. The van der Waals surface area contributed by atoms with Gasteiger partial charge in [-0.1, -0.05) is 25.1 Å². The molecule has 0 bridgehead atoms. The first-order valence-corrected chi connectivity index (χ1v) is 6.87. The predicted octanol–water partition coefficient (Wildman–Crippen LogP) is 4.00. The number of halogens is 3. The summed E-state index contributed by atoms with van der Waals surface area (Å²) in [6, 6.07) is 5.76. The molecule has 0 aliphatic carbocycles. The molecule has 2 nitrogen and oxygen atoms in total. The van der Waals surface area contributed by atoms with Gasteiger partial charge in [-0.2, -0.15) is 13.2 Å². The molecule has 1 aromatic rings. The zero-order valence-corrected chi connectivity index (χ0v) is 12.0. The van der Waals surface area contributed by atoms with Crippen LogP contribution in [0, 0.1) is 6.92 Å². The summed E-state index contributed by atoms with van der Waals surface area (Å²) < 4.78 is 41.8. The molecule has 0 saturated heterocycles. The molecule has 0 aliphatic heterocycles. The van der Waals surface area contributed by atoms with Crippen LogP contribution >= 0.6 is 0 Å². The van der Waals surface area contributed by atoms with E-state index in [0.29, 0.717) is 12.2 Å². The highest BCUT2D eigenvalue weighted by Gasteiger charge is 2.26. The van der Waals surface area contributed by atoms with E-state index < -0.39 is 12.6 Å². The van der Waals surface area contributed by atoms with Gasteiger partial charge in [0.15, 0.2) is 0 Å². The number of hydrogen-bond acceptors (Lipinski definition) is 2. The first-order valence-electron chi connectivity index (χ1n) is 6.87.